The fraction of sp³-hybridized carbons (Fsp3) is 0.958. The Morgan fingerprint density at radius 2 is 1.02 bits per heavy atom. The van der Waals surface area contributed by atoms with Crippen molar-refractivity contribution in [2.45, 2.75) is 275 Å². The highest BCUT2D eigenvalue weighted by atomic mass is 28.3. The third kappa shape index (κ3) is 26.1. The van der Waals surface area contributed by atoms with Gasteiger partial charge in [0.2, 0.25) is 0 Å². The van der Waals surface area contributed by atoms with Crippen LogP contribution in [0, 0.1) is 5.92 Å². The van der Waals surface area contributed by atoms with E-state index < -0.39 is 63.5 Å². The summed E-state index contributed by atoms with van der Waals surface area (Å²) in [7, 11) is -1.25. The molecule has 6 N–H and O–H groups in total. The molecule has 1 fully saturated rings. The first-order valence-electron chi connectivity index (χ1n) is 24.7. The van der Waals surface area contributed by atoms with Crippen molar-refractivity contribution < 1.29 is 44.5 Å². The van der Waals surface area contributed by atoms with E-state index in [0.29, 0.717) is 12.8 Å². The molecule has 1 rings (SSSR count). The molecule has 0 aromatic rings. The first-order chi connectivity index (χ1) is 28.0. The minimum atomic E-state index is -1.61. The Hall–Kier alpha value is -0.433. The first-order valence-corrected chi connectivity index (χ1v) is 27.8. The van der Waals surface area contributed by atoms with Crippen molar-refractivity contribution in [1.82, 2.24) is 0 Å². The summed E-state index contributed by atoms with van der Waals surface area (Å²) < 4.78 is 26.7. The van der Waals surface area contributed by atoms with Gasteiger partial charge < -0.3 is 40.1 Å². The summed E-state index contributed by atoms with van der Waals surface area (Å²) in [6.45, 7) is 8.56. The molecule has 1 saturated heterocycles. The van der Waals surface area contributed by atoms with Gasteiger partial charge in [0.1, 0.15) is 24.4 Å². The smallest absolute Gasteiger partial charge is 0.186 e. The van der Waals surface area contributed by atoms with Gasteiger partial charge in [-0.2, -0.15) is 0 Å². The zero-order valence-electron chi connectivity index (χ0n) is 38.1. The first kappa shape index (κ1) is 55.6. The molecular weight excluding hydrogens is 752 g/mol. The van der Waals surface area contributed by atoms with Gasteiger partial charge in [-0.15, -0.1) is 0 Å². The normalized spacial score (nSPS) is 22.1. The summed E-state index contributed by atoms with van der Waals surface area (Å²) in [4.78, 5) is 0. The Morgan fingerprint density at radius 1 is 0.603 bits per heavy atom. The van der Waals surface area contributed by atoms with Crippen molar-refractivity contribution in [2.24, 2.45) is 5.92 Å². The molecule has 0 aliphatic carbocycles. The van der Waals surface area contributed by atoms with Crippen molar-refractivity contribution in [1.29, 1.82) is 0 Å². The summed E-state index contributed by atoms with van der Waals surface area (Å²) in [6.07, 6.45) is 25.3. The van der Waals surface area contributed by atoms with Crippen LogP contribution in [0.5, 0.6) is 0 Å². The quantitative estimate of drug-likeness (QED) is 0.0265. The van der Waals surface area contributed by atoms with E-state index in [9.17, 15) is 30.6 Å². The molecule has 0 amide bonds. The monoisotopic (exact) mass is 847 g/mol. The van der Waals surface area contributed by atoms with E-state index in [-0.39, 0.29) is 18.9 Å². The molecule has 0 aromatic heterocycles. The highest BCUT2D eigenvalue weighted by molar-refractivity contribution is 6.78. The number of aliphatic hydroxyl groups excluding tert-OH is 6. The third-order valence-corrected chi connectivity index (χ3v) is 17.5. The number of halogens is 1. The molecule has 1 aliphatic rings. The number of rotatable bonds is 40. The molecule has 8 atom stereocenters. The van der Waals surface area contributed by atoms with Crippen LogP contribution in [0.2, 0.25) is 24.7 Å². The van der Waals surface area contributed by atoms with E-state index in [1.54, 1.807) is 0 Å². The SMILES string of the molecule is CCCCCCCCCCCCCC[C@@H](O)[C@@H](O)[C@@H](/C=C(/F)CCCCCCC[Si](C)(CCCCCCC)CCCCCCC)COC1OC(CO)C(O)C(O)C1O. The molecule has 1 heterocycles. The highest BCUT2D eigenvalue weighted by Crippen LogP contribution is 2.30. The number of aliphatic hydroxyl groups is 6. The molecule has 5 unspecified atom stereocenters. The molecular formula is C48H95FO8Si. The van der Waals surface area contributed by atoms with Gasteiger partial charge in [-0.3, -0.25) is 0 Å². The van der Waals surface area contributed by atoms with Gasteiger partial charge in [-0.05, 0) is 25.3 Å². The molecule has 346 valence electrons. The number of unbranched alkanes of at least 4 members (excludes halogenated alkanes) is 23. The van der Waals surface area contributed by atoms with Gasteiger partial charge in [0.15, 0.2) is 6.29 Å². The van der Waals surface area contributed by atoms with Crippen LogP contribution < -0.4 is 0 Å². The summed E-state index contributed by atoms with van der Waals surface area (Å²) >= 11 is 0. The van der Waals surface area contributed by atoms with E-state index in [0.717, 1.165) is 38.5 Å². The number of hydrogen-bond donors (Lipinski definition) is 6. The van der Waals surface area contributed by atoms with Crippen LogP contribution in [-0.4, -0.2) is 94.8 Å². The minimum Gasteiger partial charge on any atom is -0.394 e. The Labute approximate surface area is 357 Å². The lowest BCUT2D eigenvalue weighted by Crippen LogP contribution is -2.59. The predicted octanol–water partition coefficient (Wildman–Crippen LogP) is 11.4. The van der Waals surface area contributed by atoms with E-state index >= 15 is 4.39 Å². The van der Waals surface area contributed by atoms with Crippen LogP contribution in [0.3, 0.4) is 0 Å². The van der Waals surface area contributed by atoms with Crippen molar-refractivity contribution in [3.63, 3.8) is 0 Å². The van der Waals surface area contributed by atoms with E-state index in [4.69, 9.17) is 9.47 Å². The summed E-state index contributed by atoms with van der Waals surface area (Å²) in [5, 5.41) is 62.7. The average Bonchev–Trinajstić information content (AvgIpc) is 3.21. The van der Waals surface area contributed by atoms with Crippen LogP contribution in [0.25, 0.3) is 0 Å². The van der Waals surface area contributed by atoms with Gasteiger partial charge in [0.05, 0.1) is 39.3 Å². The Morgan fingerprint density at radius 3 is 1.47 bits per heavy atom. The Bertz CT molecular complexity index is 943. The third-order valence-electron chi connectivity index (χ3n) is 12.8. The van der Waals surface area contributed by atoms with Gasteiger partial charge in [0.25, 0.3) is 0 Å². The lowest BCUT2D eigenvalue weighted by atomic mass is 9.93. The second-order valence-electron chi connectivity index (χ2n) is 18.5. The maximum absolute atomic E-state index is 15.5. The molecule has 0 aromatic carbocycles. The van der Waals surface area contributed by atoms with Crippen LogP contribution in [0.1, 0.15) is 207 Å². The molecule has 10 heteroatoms. The largest absolute Gasteiger partial charge is 0.394 e. The molecule has 0 radical (unpaired) electrons. The van der Waals surface area contributed by atoms with Crippen LogP contribution >= 0.6 is 0 Å². The second-order valence-corrected chi connectivity index (χ2v) is 23.6. The number of hydrogen-bond acceptors (Lipinski definition) is 8. The van der Waals surface area contributed by atoms with Crippen molar-refractivity contribution in [2.75, 3.05) is 13.2 Å². The lowest BCUT2D eigenvalue weighted by molar-refractivity contribution is -0.303. The minimum absolute atomic E-state index is 0.236. The Kier molecular flexibility index (Phi) is 34.6. The zero-order chi connectivity index (χ0) is 42.9. The van der Waals surface area contributed by atoms with Gasteiger partial charge in [0, 0.05) is 5.92 Å². The van der Waals surface area contributed by atoms with E-state index in [2.05, 4.69) is 27.3 Å². The van der Waals surface area contributed by atoms with Gasteiger partial charge in [-0.25, -0.2) is 4.39 Å². The maximum Gasteiger partial charge on any atom is 0.186 e. The maximum atomic E-state index is 15.5. The Balaban J connectivity index is 2.65. The highest BCUT2D eigenvalue weighted by Gasteiger charge is 2.44. The molecule has 8 nitrogen and oxygen atoms in total. The number of ether oxygens (including phenoxy) is 2. The second kappa shape index (κ2) is 36.1. The van der Waals surface area contributed by atoms with E-state index in [1.807, 2.05) is 0 Å². The predicted molar refractivity (Wildman–Crippen MR) is 241 cm³/mol. The van der Waals surface area contributed by atoms with Gasteiger partial charge in [-0.1, -0.05) is 212 Å². The standard InChI is InChI=1S/C48H95FO8Si/c1-5-8-11-14-15-16-17-18-19-20-23-28-33-42(51)44(52)40(39-56-48-47(55)46(54)45(53)43(38-50)57-48)37-41(49)32-27-22-21-26-31-36-58(4,34-29-24-12-9-6-2)35-30-25-13-10-7-3/h37,40,42-48,50-55H,5-36,38-39H2,1-4H3/b41-37+/t40-,42+,43?,44-,45?,46?,47?,48?/m0/s1. The molecule has 1 aliphatic heterocycles. The zero-order valence-corrected chi connectivity index (χ0v) is 39.1. The molecule has 0 bridgehead atoms. The lowest BCUT2D eigenvalue weighted by Gasteiger charge is -2.40. The summed E-state index contributed by atoms with van der Waals surface area (Å²) in [6, 6.07) is 4.32. The molecule has 0 saturated carbocycles. The van der Waals surface area contributed by atoms with E-state index in [1.165, 1.54) is 153 Å². The summed E-state index contributed by atoms with van der Waals surface area (Å²) in [5.41, 5.74) is 0. The van der Waals surface area contributed by atoms with Gasteiger partial charge >= 0.3 is 0 Å². The molecule has 0 spiro atoms. The fourth-order valence-electron chi connectivity index (χ4n) is 8.68. The average molecular weight is 847 g/mol. The number of allylic oxidation sites excluding steroid dienone is 1. The van der Waals surface area contributed by atoms with Crippen molar-refractivity contribution in [3.05, 3.63) is 11.9 Å². The fourth-order valence-corrected chi connectivity index (χ4v) is 12.7. The molecule has 58 heavy (non-hydrogen) atoms. The van der Waals surface area contributed by atoms with Crippen LogP contribution in [0.4, 0.5) is 4.39 Å². The van der Waals surface area contributed by atoms with Crippen LogP contribution in [-0.2, 0) is 9.47 Å². The van der Waals surface area contributed by atoms with Crippen LogP contribution in [0.15, 0.2) is 11.9 Å². The van der Waals surface area contributed by atoms with Crippen molar-refractivity contribution in [3.8, 4) is 0 Å². The topological polar surface area (TPSA) is 140 Å². The summed E-state index contributed by atoms with van der Waals surface area (Å²) in [5.74, 6) is -1.29. The van der Waals surface area contributed by atoms with Crippen molar-refractivity contribution >= 4 is 8.07 Å².